The van der Waals surface area contributed by atoms with Gasteiger partial charge in [0.15, 0.2) is 0 Å². The number of hydrogen-bond acceptors (Lipinski definition) is 5. The number of thiophene rings is 2. The summed E-state index contributed by atoms with van der Waals surface area (Å²) in [5.74, 6) is 1.05. The minimum Gasteiger partial charge on any atom is -0.491 e. The van der Waals surface area contributed by atoms with Gasteiger partial charge in [-0.15, -0.1) is 22.7 Å². The molecule has 1 aliphatic rings. The Morgan fingerprint density at radius 3 is 2.74 bits per heavy atom. The van der Waals surface area contributed by atoms with Gasteiger partial charge in [0.25, 0.3) is 5.91 Å². The quantitative estimate of drug-likeness (QED) is 0.319. The number of halogens is 1. The molecule has 2 amide bonds. The van der Waals surface area contributed by atoms with Crippen LogP contribution in [0.15, 0.2) is 47.2 Å². The number of ether oxygens (including phenoxy) is 1. The smallest absolute Gasteiger partial charge is 0.264 e. The molecule has 1 aromatic carbocycles. The number of hydrogen-bond donors (Lipinski definition) is 0. The Kier molecular flexibility index (Phi) is 8.52. The van der Waals surface area contributed by atoms with Crippen LogP contribution in [0.4, 0.5) is 0 Å². The maximum atomic E-state index is 13.6. The van der Waals surface area contributed by atoms with Gasteiger partial charge in [-0.3, -0.25) is 9.59 Å². The first-order valence-electron chi connectivity index (χ1n) is 11.9. The monoisotopic (exact) mass is 530 g/mol. The summed E-state index contributed by atoms with van der Waals surface area (Å²) in [6.45, 7) is 7.79. The van der Waals surface area contributed by atoms with E-state index in [1.165, 1.54) is 16.2 Å². The molecule has 0 fully saturated rings. The van der Waals surface area contributed by atoms with E-state index in [0.29, 0.717) is 35.5 Å². The molecule has 0 unspecified atom stereocenters. The lowest BCUT2D eigenvalue weighted by molar-refractivity contribution is -0.135. The molecule has 2 aromatic heterocycles. The summed E-state index contributed by atoms with van der Waals surface area (Å²) in [5.41, 5.74) is 2.09. The lowest BCUT2D eigenvalue weighted by Crippen LogP contribution is -2.48. The summed E-state index contributed by atoms with van der Waals surface area (Å²) >= 11 is 9.30. The molecular weight excluding hydrogens is 500 g/mol. The number of amides is 2. The van der Waals surface area contributed by atoms with E-state index in [0.717, 1.165) is 29.7 Å². The largest absolute Gasteiger partial charge is 0.491 e. The SMILES string of the molecule is Cc1cc(OC[C@@H]2c3ccsc3CCN2C(=O)CN(CCC(C)C)C(=O)c2cccs2)ccc1Cl. The molecule has 1 atom stereocenters. The van der Waals surface area contributed by atoms with Gasteiger partial charge in [0.05, 0.1) is 10.9 Å². The fourth-order valence-electron chi connectivity index (χ4n) is 4.23. The van der Waals surface area contributed by atoms with Crippen molar-refractivity contribution in [3.8, 4) is 5.75 Å². The van der Waals surface area contributed by atoms with Gasteiger partial charge < -0.3 is 14.5 Å². The van der Waals surface area contributed by atoms with E-state index in [-0.39, 0.29) is 24.4 Å². The van der Waals surface area contributed by atoms with Crippen molar-refractivity contribution in [1.82, 2.24) is 9.80 Å². The number of rotatable bonds is 9. The lowest BCUT2D eigenvalue weighted by Gasteiger charge is -2.37. The molecule has 3 aromatic rings. The number of nitrogens with zero attached hydrogens (tertiary/aromatic N) is 2. The second-order valence-corrected chi connectivity index (χ2v) is 11.6. The Morgan fingerprint density at radius 1 is 1.20 bits per heavy atom. The molecular formula is C27H31ClN2O3S2. The fraction of sp³-hybridized carbons (Fsp3) is 0.407. The maximum Gasteiger partial charge on any atom is 0.264 e. The van der Waals surface area contributed by atoms with Crippen molar-refractivity contribution in [3.05, 3.63) is 73.1 Å². The number of carbonyl (C=O) groups excluding carboxylic acids is 2. The van der Waals surface area contributed by atoms with Crippen LogP contribution >= 0.6 is 34.3 Å². The van der Waals surface area contributed by atoms with Crippen LogP contribution in [-0.2, 0) is 11.2 Å². The summed E-state index contributed by atoms with van der Waals surface area (Å²) in [4.78, 5) is 32.4. The highest BCUT2D eigenvalue weighted by atomic mass is 35.5. The van der Waals surface area contributed by atoms with Crippen molar-refractivity contribution in [3.63, 3.8) is 0 Å². The highest BCUT2D eigenvalue weighted by Crippen LogP contribution is 2.34. The van der Waals surface area contributed by atoms with E-state index in [2.05, 4.69) is 25.3 Å². The van der Waals surface area contributed by atoms with E-state index in [1.807, 2.05) is 47.5 Å². The molecule has 5 nitrogen and oxygen atoms in total. The van der Waals surface area contributed by atoms with Crippen LogP contribution in [0.1, 0.15) is 52.0 Å². The zero-order valence-corrected chi connectivity index (χ0v) is 22.7. The summed E-state index contributed by atoms with van der Waals surface area (Å²) in [6.07, 6.45) is 1.67. The van der Waals surface area contributed by atoms with Crippen molar-refractivity contribution in [2.24, 2.45) is 5.92 Å². The Labute approximate surface area is 220 Å². The molecule has 0 bridgehead atoms. The molecule has 0 saturated carbocycles. The van der Waals surface area contributed by atoms with Gasteiger partial charge in [0.1, 0.15) is 18.9 Å². The molecule has 0 spiro atoms. The van der Waals surface area contributed by atoms with Crippen molar-refractivity contribution >= 4 is 46.1 Å². The zero-order valence-electron chi connectivity index (χ0n) is 20.3. The third kappa shape index (κ3) is 6.26. The Balaban J connectivity index is 1.52. The zero-order chi connectivity index (χ0) is 24.9. The van der Waals surface area contributed by atoms with Gasteiger partial charge in [0, 0.05) is 23.0 Å². The Hall–Kier alpha value is -2.35. The summed E-state index contributed by atoms with van der Waals surface area (Å²) in [7, 11) is 0. The first-order chi connectivity index (χ1) is 16.8. The summed E-state index contributed by atoms with van der Waals surface area (Å²) < 4.78 is 6.15. The molecule has 8 heteroatoms. The molecule has 35 heavy (non-hydrogen) atoms. The standard InChI is InChI=1S/C27H31ClN2O3S2/c1-18(2)8-11-29(27(32)25-5-4-13-34-25)16-26(31)30-12-9-24-21(10-14-35-24)23(30)17-33-20-6-7-22(28)19(3)15-20/h4-7,10,13-15,18,23H,8-9,11-12,16-17H2,1-3H3/t23-/m1/s1. The van der Waals surface area contributed by atoms with Crippen LogP contribution in [0, 0.1) is 12.8 Å². The first-order valence-corrected chi connectivity index (χ1v) is 14.0. The minimum atomic E-state index is -0.197. The number of benzene rings is 1. The number of aryl methyl sites for hydroxylation is 1. The number of fused-ring (bicyclic) bond motifs is 1. The average Bonchev–Trinajstić information content (AvgIpc) is 3.54. The normalized spacial score (nSPS) is 15.2. The molecule has 3 heterocycles. The van der Waals surface area contributed by atoms with Crippen molar-refractivity contribution in [2.45, 2.75) is 39.7 Å². The molecule has 0 aliphatic carbocycles. The van der Waals surface area contributed by atoms with Crippen LogP contribution in [0.5, 0.6) is 5.75 Å². The molecule has 0 saturated heterocycles. The lowest BCUT2D eigenvalue weighted by atomic mass is 10.00. The van der Waals surface area contributed by atoms with Gasteiger partial charge in [-0.2, -0.15) is 0 Å². The molecule has 1 aliphatic heterocycles. The second kappa shape index (κ2) is 11.6. The predicted molar refractivity (Wildman–Crippen MR) is 144 cm³/mol. The third-order valence-corrected chi connectivity index (χ3v) is 8.55. The van der Waals surface area contributed by atoms with Gasteiger partial charge in [0.2, 0.25) is 5.91 Å². The number of carbonyl (C=O) groups is 2. The molecule has 0 radical (unpaired) electrons. The molecule has 0 N–H and O–H groups in total. The fourth-order valence-corrected chi connectivity index (χ4v) is 5.97. The van der Waals surface area contributed by atoms with Crippen molar-refractivity contribution in [2.75, 3.05) is 26.2 Å². The van der Waals surface area contributed by atoms with Crippen LogP contribution in [0.25, 0.3) is 0 Å². The average molecular weight is 531 g/mol. The summed E-state index contributed by atoms with van der Waals surface area (Å²) in [5, 5.41) is 4.67. The highest BCUT2D eigenvalue weighted by Gasteiger charge is 2.33. The van der Waals surface area contributed by atoms with E-state index in [1.54, 1.807) is 16.2 Å². The van der Waals surface area contributed by atoms with E-state index in [9.17, 15) is 9.59 Å². The third-order valence-electron chi connectivity index (χ3n) is 6.27. The van der Waals surface area contributed by atoms with Gasteiger partial charge in [-0.25, -0.2) is 0 Å². The van der Waals surface area contributed by atoms with E-state index >= 15 is 0 Å². The van der Waals surface area contributed by atoms with Gasteiger partial charge in [-0.1, -0.05) is 31.5 Å². The van der Waals surface area contributed by atoms with Gasteiger partial charge in [-0.05, 0) is 77.9 Å². The van der Waals surface area contributed by atoms with E-state index in [4.69, 9.17) is 16.3 Å². The predicted octanol–water partition coefficient (Wildman–Crippen LogP) is 6.46. The van der Waals surface area contributed by atoms with Crippen LogP contribution in [0.3, 0.4) is 0 Å². The van der Waals surface area contributed by atoms with Crippen LogP contribution < -0.4 is 4.74 Å². The van der Waals surface area contributed by atoms with Crippen molar-refractivity contribution < 1.29 is 14.3 Å². The maximum absolute atomic E-state index is 13.6. The Bertz CT molecular complexity index is 1160. The minimum absolute atomic E-state index is 0.0450. The summed E-state index contributed by atoms with van der Waals surface area (Å²) in [6, 6.07) is 11.2. The molecule has 186 valence electrons. The highest BCUT2D eigenvalue weighted by molar-refractivity contribution is 7.12. The first kappa shape index (κ1) is 25.7. The van der Waals surface area contributed by atoms with Crippen molar-refractivity contribution in [1.29, 1.82) is 0 Å². The Morgan fingerprint density at radius 2 is 2.03 bits per heavy atom. The van der Waals surface area contributed by atoms with Crippen LogP contribution in [-0.4, -0.2) is 47.9 Å². The molecule has 4 rings (SSSR count). The van der Waals surface area contributed by atoms with E-state index < -0.39 is 0 Å². The topological polar surface area (TPSA) is 49.9 Å². The van der Waals surface area contributed by atoms with Crippen LogP contribution in [0.2, 0.25) is 5.02 Å². The second-order valence-electron chi connectivity index (χ2n) is 9.26. The van der Waals surface area contributed by atoms with Gasteiger partial charge >= 0.3 is 0 Å².